The summed E-state index contributed by atoms with van der Waals surface area (Å²) in [5.41, 5.74) is 4.42. The topological polar surface area (TPSA) is 116 Å². The van der Waals surface area contributed by atoms with Crippen molar-refractivity contribution in [1.29, 1.82) is 0 Å². The summed E-state index contributed by atoms with van der Waals surface area (Å²) in [7, 11) is 0. The average molecular weight is 315 g/mol. The second kappa shape index (κ2) is 5.87. The first-order valence-corrected chi connectivity index (χ1v) is 6.82. The Labute approximate surface area is 125 Å². The Kier molecular flexibility index (Phi) is 4.34. The maximum absolute atomic E-state index is 11.2. The number of nitro benzene ring substituents is 1. The smallest absolute Gasteiger partial charge is 0.323 e. The molecular formula is C13H15ClN2O5. The van der Waals surface area contributed by atoms with Gasteiger partial charge < -0.3 is 15.6 Å². The number of ether oxygens (including phenoxy) is 1. The second-order valence-electron chi connectivity index (χ2n) is 5.17. The molecule has 0 saturated heterocycles. The van der Waals surface area contributed by atoms with E-state index in [-0.39, 0.29) is 23.2 Å². The molecule has 0 radical (unpaired) electrons. The van der Waals surface area contributed by atoms with E-state index >= 15 is 0 Å². The molecule has 7 nitrogen and oxygen atoms in total. The molecule has 2 rings (SSSR count). The summed E-state index contributed by atoms with van der Waals surface area (Å²) in [5, 5.41) is 19.9. The standard InChI is InChI=1S/C13H15ClN2O5/c14-10-6-8(16(19)20)3-4-11(10)21-9-2-1-5-13(15,7-9)12(17)18/h3-4,6,9H,1-2,5,7,15H2,(H,17,18). The van der Waals surface area contributed by atoms with Gasteiger partial charge in [-0.05, 0) is 25.3 Å². The fourth-order valence-electron chi connectivity index (χ4n) is 2.43. The maximum atomic E-state index is 11.2. The third kappa shape index (κ3) is 3.43. The number of rotatable bonds is 4. The number of aliphatic carboxylic acids is 1. The van der Waals surface area contributed by atoms with E-state index in [1.54, 1.807) is 0 Å². The van der Waals surface area contributed by atoms with Crippen molar-refractivity contribution >= 4 is 23.3 Å². The lowest BCUT2D eigenvalue weighted by atomic mass is 9.81. The van der Waals surface area contributed by atoms with E-state index in [0.717, 1.165) is 0 Å². The van der Waals surface area contributed by atoms with Gasteiger partial charge in [0.05, 0.1) is 9.95 Å². The number of carboxylic acids is 1. The Hall–Kier alpha value is -1.86. The molecule has 8 heteroatoms. The fraction of sp³-hybridized carbons (Fsp3) is 0.462. The van der Waals surface area contributed by atoms with Crippen molar-refractivity contribution in [2.24, 2.45) is 5.73 Å². The molecule has 0 bridgehead atoms. The molecule has 21 heavy (non-hydrogen) atoms. The predicted octanol–water partition coefficient (Wildman–Crippen LogP) is 2.35. The molecule has 1 aliphatic carbocycles. The first kappa shape index (κ1) is 15.5. The maximum Gasteiger partial charge on any atom is 0.323 e. The molecule has 2 atom stereocenters. The number of nitrogens with zero attached hydrogens (tertiary/aromatic N) is 1. The number of halogens is 1. The van der Waals surface area contributed by atoms with Gasteiger partial charge in [0.15, 0.2) is 0 Å². The van der Waals surface area contributed by atoms with Crippen molar-refractivity contribution in [3.8, 4) is 5.75 Å². The van der Waals surface area contributed by atoms with Crippen molar-refractivity contribution in [1.82, 2.24) is 0 Å². The fourth-order valence-corrected chi connectivity index (χ4v) is 2.65. The summed E-state index contributed by atoms with van der Waals surface area (Å²) >= 11 is 5.95. The van der Waals surface area contributed by atoms with Crippen LogP contribution in [0.5, 0.6) is 5.75 Å². The Balaban J connectivity index is 2.11. The summed E-state index contributed by atoms with van der Waals surface area (Å²) < 4.78 is 5.67. The van der Waals surface area contributed by atoms with Crippen LogP contribution in [0, 0.1) is 10.1 Å². The van der Waals surface area contributed by atoms with Crippen molar-refractivity contribution in [3.63, 3.8) is 0 Å². The zero-order chi connectivity index (χ0) is 15.6. The summed E-state index contributed by atoms with van der Waals surface area (Å²) in [6, 6.07) is 3.90. The number of hydrogen-bond acceptors (Lipinski definition) is 5. The molecular weight excluding hydrogens is 300 g/mol. The van der Waals surface area contributed by atoms with Crippen LogP contribution in [-0.2, 0) is 4.79 Å². The number of carbonyl (C=O) groups is 1. The van der Waals surface area contributed by atoms with Crippen molar-refractivity contribution in [2.75, 3.05) is 0 Å². The van der Waals surface area contributed by atoms with Gasteiger partial charge in [-0.2, -0.15) is 0 Å². The highest BCUT2D eigenvalue weighted by atomic mass is 35.5. The van der Waals surface area contributed by atoms with E-state index in [1.807, 2.05) is 0 Å². The van der Waals surface area contributed by atoms with Crippen LogP contribution in [-0.4, -0.2) is 27.6 Å². The molecule has 0 spiro atoms. The van der Waals surface area contributed by atoms with Gasteiger partial charge in [0.2, 0.25) is 0 Å². The number of nitro groups is 1. The minimum Gasteiger partial charge on any atom is -0.489 e. The van der Waals surface area contributed by atoms with Crippen LogP contribution in [0.25, 0.3) is 0 Å². The highest BCUT2D eigenvalue weighted by Crippen LogP contribution is 2.34. The number of carboxylic acid groups (broad SMARTS) is 1. The van der Waals surface area contributed by atoms with Gasteiger partial charge in [-0.3, -0.25) is 14.9 Å². The Morgan fingerprint density at radius 1 is 1.57 bits per heavy atom. The van der Waals surface area contributed by atoms with Crippen LogP contribution in [0.3, 0.4) is 0 Å². The second-order valence-corrected chi connectivity index (χ2v) is 5.58. The molecule has 0 aliphatic heterocycles. The van der Waals surface area contributed by atoms with Gasteiger partial charge in [0, 0.05) is 18.6 Å². The van der Waals surface area contributed by atoms with Crippen LogP contribution >= 0.6 is 11.6 Å². The van der Waals surface area contributed by atoms with E-state index in [1.165, 1.54) is 18.2 Å². The monoisotopic (exact) mass is 314 g/mol. The Bertz CT molecular complexity index is 580. The quantitative estimate of drug-likeness (QED) is 0.651. The molecule has 0 heterocycles. The molecule has 0 aromatic heterocycles. The summed E-state index contributed by atoms with van der Waals surface area (Å²) in [6.45, 7) is 0. The molecule has 1 aromatic rings. The van der Waals surface area contributed by atoms with Crippen LogP contribution < -0.4 is 10.5 Å². The molecule has 1 fully saturated rings. The molecule has 2 unspecified atom stereocenters. The third-order valence-corrected chi connectivity index (χ3v) is 3.88. The third-order valence-electron chi connectivity index (χ3n) is 3.59. The van der Waals surface area contributed by atoms with Crippen LogP contribution in [0.15, 0.2) is 18.2 Å². The minimum absolute atomic E-state index is 0.118. The van der Waals surface area contributed by atoms with Gasteiger partial charge in [-0.1, -0.05) is 11.6 Å². The van der Waals surface area contributed by atoms with Gasteiger partial charge in [-0.25, -0.2) is 0 Å². The lowest BCUT2D eigenvalue weighted by Crippen LogP contribution is -2.53. The SMILES string of the molecule is NC1(C(=O)O)CCCC(Oc2ccc([N+](=O)[O-])cc2Cl)C1. The largest absolute Gasteiger partial charge is 0.489 e. The Morgan fingerprint density at radius 3 is 2.86 bits per heavy atom. The first-order valence-electron chi connectivity index (χ1n) is 6.45. The lowest BCUT2D eigenvalue weighted by Gasteiger charge is -2.34. The predicted molar refractivity (Wildman–Crippen MR) is 75.5 cm³/mol. The number of non-ortho nitro benzene ring substituents is 1. The van der Waals surface area contributed by atoms with Gasteiger partial charge in [0.1, 0.15) is 17.4 Å². The summed E-state index contributed by atoms with van der Waals surface area (Å²) in [6.07, 6.45) is 1.50. The average Bonchev–Trinajstić information content (AvgIpc) is 2.41. The number of hydrogen-bond donors (Lipinski definition) is 2. The lowest BCUT2D eigenvalue weighted by molar-refractivity contribution is -0.384. The van der Waals surface area contributed by atoms with E-state index in [0.29, 0.717) is 25.0 Å². The van der Waals surface area contributed by atoms with Crippen LogP contribution in [0.2, 0.25) is 5.02 Å². The van der Waals surface area contributed by atoms with Crippen LogP contribution in [0.1, 0.15) is 25.7 Å². The zero-order valence-electron chi connectivity index (χ0n) is 11.1. The molecule has 3 N–H and O–H groups in total. The van der Waals surface area contributed by atoms with Crippen molar-refractivity contribution < 1.29 is 19.6 Å². The highest BCUT2D eigenvalue weighted by Gasteiger charge is 2.40. The Morgan fingerprint density at radius 2 is 2.29 bits per heavy atom. The molecule has 114 valence electrons. The molecule has 0 amide bonds. The van der Waals surface area contributed by atoms with Crippen LogP contribution in [0.4, 0.5) is 5.69 Å². The summed E-state index contributed by atoms with van der Waals surface area (Å²) in [4.78, 5) is 21.3. The molecule has 1 aliphatic rings. The van der Waals surface area contributed by atoms with E-state index in [2.05, 4.69) is 0 Å². The van der Waals surface area contributed by atoms with E-state index in [9.17, 15) is 14.9 Å². The van der Waals surface area contributed by atoms with Gasteiger partial charge >= 0.3 is 5.97 Å². The summed E-state index contributed by atoms with van der Waals surface area (Å²) in [5.74, 6) is -0.757. The molecule has 1 saturated carbocycles. The van der Waals surface area contributed by atoms with Gasteiger partial charge in [0.25, 0.3) is 5.69 Å². The normalized spacial score (nSPS) is 25.3. The van der Waals surface area contributed by atoms with E-state index < -0.39 is 16.4 Å². The van der Waals surface area contributed by atoms with Crippen molar-refractivity contribution in [3.05, 3.63) is 33.3 Å². The number of nitrogens with two attached hydrogens (primary N) is 1. The first-order chi connectivity index (χ1) is 9.82. The van der Waals surface area contributed by atoms with E-state index in [4.69, 9.17) is 27.2 Å². The zero-order valence-corrected chi connectivity index (χ0v) is 11.9. The highest BCUT2D eigenvalue weighted by molar-refractivity contribution is 6.32. The van der Waals surface area contributed by atoms with Gasteiger partial charge in [-0.15, -0.1) is 0 Å². The molecule has 1 aromatic carbocycles. The number of benzene rings is 1. The van der Waals surface area contributed by atoms with Crippen molar-refractivity contribution in [2.45, 2.75) is 37.3 Å². The minimum atomic E-state index is -1.30.